The van der Waals surface area contributed by atoms with E-state index in [1.54, 1.807) is 0 Å². The quantitative estimate of drug-likeness (QED) is 0.747. The fraction of sp³-hybridized carbons (Fsp3) is 0.588. The number of nitrogens with one attached hydrogen (secondary N) is 1. The van der Waals surface area contributed by atoms with Gasteiger partial charge in [0.2, 0.25) is 0 Å². The van der Waals surface area contributed by atoms with Crippen molar-refractivity contribution < 1.29 is 4.79 Å². The lowest BCUT2D eigenvalue weighted by atomic mass is 10.2. The first-order valence-corrected chi connectivity index (χ1v) is 7.83. The van der Waals surface area contributed by atoms with Gasteiger partial charge in [0.1, 0.15) is 0 Å². The molecule has 0 spiro atoms. The molecule has 0 aromatic heterocycles. The van der Waals surface area contributed by atoms with Gasteiger partial charge in [0.25, 0.3) is 0 Å². The van der Waals surface area contributed by atoms with Gasteiger partial charge in [-0.15, -0.1) is 0 Å². The molecule has 1 N–H and O–H groups in total. The van der Waals surface area contributed by atoms with Crippen molar-refractivity contribution in [2.24, 2.45) is 5.92 Å². The normalized spacial score (nSPS) is 10.5. The second-order valence-corrected chi connectivity index (χ2v) is 5.78. The Hall–Kier alpha value is -1.71. The highest BCUT2D eigenvalue weighted by molar-refractivity contribution is 5.74. The third kappa shape index (κ3) is 6.52. The number of carbonyl (C=O) groups is 1. The standard InChI is InChI=1S/C17H29N3O/c1-5-20(14-15(2)3)17(21)18-12-9-13-19(4)16-10-7-6-8-11-16/h6-8,10-11,15H,5,9,12-14H2,1-4H3,(H,18,21). The number of carbonyl (C=O) groups excluding carboxylic acids is 1. The van der Waals surface area contributed by atoms with Gasteiger partial charge in [-0.3, -0.25) is 0 Å². The van der Waals surface area contributed by atoms with E-state index in [0.29, 0.717) is 12.5 Å². The molecule has 0 atom stereocenters. The summed E-state index contributed by atoms with van der Waals surface area (Å²) in [6.07, 6.45) is 0.941. The lowest BCUT2D eigenvalue weighted by Gasteiger charge is -2.24. The molecule has 118 valence electrons. The number of hydrogen-bond acceptors (Lipinski definition) is 2. The average molecular weight is 291 g/mol. The maximum Gasteiger partial charge on any atom is 0.317 e. The molecule has 1 aromatic rings. The Kier molecular flexibility index (Phi) is 7.65. The van der Waals surface area contributed by atoms with Gasteiger partial charge in [-0.1, -0.05) is 32.0 Å². The molecule has 0 aliphatic carbocycles. The molecule has 2 amide bonds. The van der Waals surface area contributed by atoms with Crippen molar-refractivity contribution in [2.75, 3.05) is 38.1 Å². The highest BCUT2D eigenvalue weighted by atomic mass is 16.2. The van der Waals surface area contributed by atoms with Gasteiger partial charge in [0.15, 0.2) is 0 Å². The highest BCUT2D eigenvalue weighted by Crippen LogP contribution is 2.10. The first-order chi connectivity index (χ1) is 10.0. The van der Waals surface area contributed by atoms with Crippen molar-refractivity contribution >= 4 is 11.7 Å². The van der Waals surface area contributed by atoms with E-state index in [9.17, 15) is 4.79 Å². The molecule has 1 rings (SSSR count). The second kappa shape index (κ2) is 9.27. The van der Waals surface area contributed by atoms with Crippen LogP contribution in [0, 0.1) is 5.92 Å². The summed E-state index contributed by atoms with van der Waals surface area (Å²) in [5, 5.41) is 3.01. The van der Waals surface area contributed by atoms with Crippen molar-refractivity contribution in [1.82, 2.24) is 10.2 Å². The number of nitrogens with zero attached hydrogens (tertiary/aromatic N) is 2. The first-order valence-electron chi connectivity index (χ1n) is 7.83. The van der Waals surface area contributed by atoms with Gasteiger partial charge in [0.05, 0.1) is 0 Å². The topological polar surface area (TPSA) is 35.6 Å². The zero-order valence-electron chi connectivity index (χ0n) is 13.8. The van der Waals surface area contributed by atoms with Crippen LogP contribution in [0.15, 0.2) is 30.3 Å². The van der Waals surface area contributed by atoms with Crippen LogP contribution in [-0.2, 0) is 0 Å². The van der Waals surface area contributed by atoms with Crippen LogP contribution >= 0.6 is 0 Å². The van der Waals surface area contributed by atoms with E-state index in [-0.39, 0.29) is 6.03 Å². The molecule has 0 radical (unpaired) electrons. The van der Waals surface area contributed by atoms with Gasteiger partial charge in [-0.2, -0.15) is 0 Å². The van der Waals surface area contributed by atoms with E-state index in [1.165, 1.54) is 5.69 Å². The summed E-state index contributed by atoms with van der Waals surface area (Å²) in [6.45, 7) is 9.49. The molecule has 4 heteroatoms. The van der Waals surface area contributed by atoms with Gasteiger partial charge in [-0.05, 0) is 31.4 Å². The summed E-state index contributed by atoms with van der Waals surface area (Å²) in [4.78, 5) is 16.1. The van der Waals surface area contributed by atoms with Crippen molar-refractivity contribution in [3.8, 4) is 0 Å². The Balaban J connectivity index is 2.25. The van der Waals surface area contributed by atoms with E-state index < -0.39 is 0 Å². The number of rotatable bonds is 8. The van der Waals surface area contributed by atoms with Crippen LogP contribution in [0.25, 0.3) is 0 Å². The SMILES string of the molecule is CCN(CC(C)C)C(=O)NCCCN(C)c1ccccc1. The summed E-state index contributed by atoms with van der Waals surface area (Å²) in [6, 6.07) is 10.3. The number of anilines is 1. The Morgan fingerprint density at radius 2 is 1.90 bits per heavy atom. The molecule has 0 heterocycles. The van der Waals surface area contributed by atoms with E-state index in [4.69, 9.17) is 0 Å². The minimum absolute atomic E-state index is 0.0496. The molecular weight excluding hydrogens is 262 g/mol. The minimum Gasteiger partial charge on any atom is -0.375 e. The summed E-state index contributed by atoms with van der Waals surface area (Å²) in [5.41, 5.74) is 1.21. The second-order valence-electron chi connectivity index (χ2n) is 5.78. The maximum absolute atomic E-state index is 12.0. The fourth-order valence-electron chi connectivity index (χ4n) is 2.23. The number of para-hydroxylation sites is 1. The summed E-state index contributed by atoms with van der Waals surface area (Å²) in [7, 11) is 2.08. The third-order valence-electron chi connectivity index (χ3n) is 3.40. The van der Waals surface area contributed by atoms with Crippen molar-refractivity contribution in [3.05, 3.63) is 30.3 Å². The summed E-state index contributed by atoms with van der Waals surface area (Å²) < 4.78 is 0. The van der Waals surface area contributed by atoms with Crippen LogP contribution in [-0.4, -0.2) is 44.2 Å². The van der Waals surface area contributed by atoms with Gasteiger partial charge < -0.3 is 15.1 Å². The molecule has 21 heavy (non-hydrogen) atoms. The van der Waals surface area contributed by atoms with Gasteiger partial charge in [0, 0.05) is 38.9 Å². The predicted octanol–water partition coefficient (Wildman–Crippen LogP) is 3.20. The maximum atomic E-state index is 12.0. The summed E-state index contributed by atoms with van der Waals surface area (Å²) >= 11 is 0. The Bertz CT molecular complexity index is 406. The molecule has 0 aliphatic rings. The minimum atomic E-state index is 0.0496. The first kappa shape index (κ1) is 17.3. The Morgan fingerprint density at radius 3 is 2.48 bits per heavy atom. The molecule has 0 unspecified atom stereocenters. The molecule has 0 fully saturated rings. The lowest BCUT2D eigenvalue weighted by Crippen LogP contribution is -2.42. The number of amides is 2. The molecule has 1 aromatic carbocycles. The fourth-order valence-corrected chi connectivity index (χ4v) is 2.23. The predicted molar refractivity (Wildman–Crippen MR) is 89.8 cm³/mol. The number of urea groups is 1. The van der Waals surface area contributed by atoms with Crippen LogP contribution in [0.4, 0.5) is 10.5 Å². The molecule has 0 saturated heterocycles. The molecule has 0 bridgehead atoms. The van der Waals surface area contributed by atoms with Crippen molar-refractivity contribution in [2.45, 2.75) is 27.2 Å². The Morgan fingerprint density at radius 1 is 1.24 bits per heavy atom. The van der Waals surface area contributed by atoms with Crippen LogP contribution in [0.5, 0.6) is 0 Å². The molecule has 4 nitrogen and oxygen atoms in total. The molecular formula is C17H29N3O. The van der Waals surface area contributed by atoms with Crippen LogP contribution in [0.1, 0.15) is 27.2 Å². The van der Waals surface area contributed by atoms with E-state index in [1.807, 2.05) is 30.0 Å². The monoisotopic (exact) mass is 291 g/mol. The van der Waals surface area contributed by atoms with Crippen LogP contribution < -0.4 is 10.2 Å². The largest absolute Gasteiger partial charge is 0.375 e. The van der Waals surface area contributed by atoms with E-state index in [0.717, 1.165) is 26.1 Å². The number of benzene rings is 1. The number of hydrogen-bond donors (Lipinski definition) is 1. The lowest BCUT2D eigenvalue weighted by molar-refractivity contribution is 0.194. The van der Waals surface area contributed by atoms with Crippen molar-refractivity contribution in [1.29, 1.82) is 0 Å². The van der Waals surface area contributed by atoms with E-state index in [2.05, 4.69) is 43.2 Å². The Labute approximate surface area is 129 Å². The highest BCUT2D eigenvalue weighted by Gasteiger charge is 2.11. The zero-order chi connectivity index (χ0) is 15.7. The van der Waals surface area contributed by atoms with Gasteiger partial charge >= 0.3 is 6.03 Å². The van der Waals surface area contributed by atoms with Crippen LogP contribution in [0.3, 0.4) is 0 Å². The van der Waals surface area contributed by atoms with E-state index >= 15 is 0 Å². The third-order valence-corrected chi connectivity index (χ3v) is 3.40. The zero-order valence-corrected chi connectivity index (χ0v) is 13.8. The van der Waals surface area contributed by atoms with Crippen molar-refractivity contribution in [3.63, 3.8) is 0 Å². The average Bonchev–Trinajstić information content (AvgIpc) is 2.49. The molecule has 0 aliphatic heterocycles. The summed E-state index contributed by atoms with van der Waals surface area (Å²) in [5.74, 6) is 0.500. The van der Waals surface area contributed by atoms with Gasteiger partial charge in [-0.25, -0.2) is 4.79 Å². The molecule has 0 saturated carbocycles. The van der Waals surface area contributed by atoms with Crippen LogP contribution in [0.2, 0.25) is 0 Å². The smallest absolute Gasteiger partial charge is 0.317 e.